The normalized spacial score (nSPS) is 10.5. The third-order valence-corrected chi connectivity index (χ3v) is 3.44. The van der Waals surface area contributed by atoms with Gasteiger partial charge in [0.15, 0.2) is 11.5 Å². The van der Waals surface area contributed by atoms with Crippen LogP contribution in [0.2, 0.25) is 0 Å². The van der Waals surface area contributed by atoms with Crippen LogP contribution in [-0.4, -0.2) is 23.0 Å². The molecule has 0 atom stereocenters. The van der Waals surface area contributed by atoms with E-state index >= 15 is 0 Å². The molecule has 6 heteroatoms. The Labute approximate surface area is 133 Å². The third-order valence-electron chi connectivity index (χ3n) is 3.44. The summed E-state index contributed by atoms with van der Waals surface area (Å²) in [5.41, 5.74) is 8.14. The molecule has 0 aliphatic rings. The average Bonchev–Trinajstić information content (AvgIpc) is 2.59. The van der Waals surface area contributed by atoms with Gasteiger partial charge in [0.1, 0.15) is 5.75 Å². The topological polar surface area (TPSA) is 90.1 Å². The minimum atomic E-state index is -0.369. The Kier molecular flexibility index (Phi) is 4.05. The Hall–Kier alpha value is -3.15. The van der Waals surface area contributed by atoms with E-state index in [0.717, 1.165) is 5.56 Å². The van der Waals surface area contributed by atoms with Crippen LogP contribution in [0.3, 0.4) is 0 Å². The van der Waals surface area contributed by atoms with Crippen molar-refractivity contribution in [1.29, 1.82) is 0 Å². The van der Waals surface area contributed by atoms with Gasteiger partial charge in [-0.3, -0.25) is 4.79 Å². The van der Waals surface area contributed by atoms with Gasteiger partial charge in [0.05, 0.1) is 18.1 Å². The molecule has 0 fully saturated rings. The molecule has 0 bridgehead atoms. The second kappa shape index (κ2) is 6.31. The Morgan fingerprint density at radius 2 is 1.74 bits per heavy atom. The number of methoxy groups -OCH3 is 1. The van der Waals surface area contributed by atoms with E-state index in [9.17, 15) is 4.79 Å². The van der Waals surface area contributed by atoms with E-state index < -0.39 is 0 Å². The SMILES string of the molecule is COc1ccccc1CNC(=O)c1nc2ccccc2nc1N. The lowest BCUT2D eigenvalue weighted by Gasteiger charge is -2.10. The smallest absolute Gasteiger partial charge is 0.274 e. The van der Waals surface area contributed by atoms with Crippen molar-refractivity contribution in [2.24, 2.45) is 0 Å². The molecule has 23 heavy (non-hydrogen) atoms. The highest BCUT2D eigenvalue weighted by atomic mass is 16.5. The van der Waals surface area contributed by atoms with Crippen LogP contribution in [0.15, 0.2) is 48.5 Å². The first-order valence-electron chi connectivity index (χ1n) is 7.11. The molecule has 1 aromatic heterocycles. The number of nitrogens with one attached hydrogen (secondary N) is 1. The predicted molar refractivity (Wildman–Crippen MR) is 88.1 cm³/mol. The summed E-state index contributed by atoms with van der Waals surface area (Å²) in [5, 5.41) is 2.79. The zero-order valence-electron chi connectivity index (χ0n) is 12.6. The second-order valence-corrected chi connectivity index (χ2v) is 4.94. The third kappa shape index (κ3) is 3.06. The van der Waals surface area contributed by atoms with E-state index in [4.69, 9.17) is 10.5 Å². The van der Waals surface area contributed by atoms with Crippen LogP contribution in [0.25, 0.3) is 11.0 Å². The summed E-state index contributed by atoms with van der Waals surface area (Å²) in [6.07, 6.45) is 0. The molecule has 0 spiro atoms. The van der Waals surface area contributed by atoms with E-state index in [0.29, 0.717) is 23.3 Å². The number of para-hydroxylation sites is 3. The fourth-order valence-corrected chi connectivity index (χ4v) is 2.29. The number of anilines is 1. The van der Waals surface area contributed by atoms with E-state index in [1.54, 1.807) is 19.2 Å². The molecule has 0 unspecified atom stereocenters. The number of carbonyl (C=O) groups is 1. The van der Waals surface area contributed by atoms with Crippen molar-refractivity contribution in [3.8, 4) is 5.75 Å². The molecule has 0 aliphatic heterocycles. The molecule has 3 rings (SSSR count). The number of nitrogens with two attached hydrogens (primary N) is 1. The molecule has 2 aromatic carbocycles. The van der Waals surface area contributed by atoms with Gasteiger partial charge in [0.2, 0.25) is 0 Å². The van der Waals surface area contributed by atoms with Crippen LogP contribution >= 0.6 is 0 Å². The maximum absolute atomic E-state index is 12.3. The number of aromatic nitrogens is 2. The summed E-state index contributed by atoms with van der Waals surface area (Å²) in [6, 6.07) is 14.8. The van der Waals surface area contributed by atoms with E-state index in [1.807, 2.05) is 36.4 Å². The van der Waals surface area contributed by atoms with Crippen LogP contribution in [0, 0.1) is 0 Å². The molecule has 116 valence electrons. The molecule has 0 saturated heterocycles. The number of fused-ring (bicyclic) bond motifs is 1. The Morgan fingerprint density at radius 3 is 2.48 bits per heavy atom. The Balaban J connectivity index is 1.82. The largest absolute Gasteiger partial charge is 0.496 e. The van der Waals surface area contributed by atoms with Crippen LogP contribution in [0.5, 0.6) is 5.75 Å². The first-order valence-corrected chi connectivity index (χ1v) is 7.11. The molecular formula is C17H16N4O2. The monoisotopic (exact) mass is 308 g/mol. The Bertz CT molecular complexity index is 864. The maximum atomic E-state index is 12.3. The lowest BCUT2D eigenvalue weighted by molar-refractivity contribution is 0.0946. The zero-order chi connectivity index (χ0) is 16.2. The van der Waals surface area contributed by atoms with Gasteiger partial charge in [-0.1, -0.05) is 30.3 Å². The van der Waals surface area contributed by atoms with Gasteiger partial charge in [-0.2, -0.15) is 0 Å². The van der Waals surface area contributed by atoms with Crippen molar-refractivity contribution in [2.75, 3.05) is 12.8 Å². The molecule has 1 heterocycles. The summed E-state index contributed by atoms with van der Waals surface area (Å²) in [6.45, 7) is 0.316. The minimum Gasteiger partial charge on any atom is -0.496 e. The predicted octanol–water partition coefficient (Wildman–Crippen LogP) is 2.15. The highest BCUT2D eigenvalue weighted by molar-refractivity contribution is 5.98. The highest BCUT2D eigenvalue weighted by Crippen LogP contribution is 2.18. The standard InChI is InChI=1S/C17H16N4O2/c1-23-14-9-5-2-6-11(14)10-19-17(22)15-16(18)21-13-8-4-3-7-12(13)20-15/h2-9H,10H2,1H3,(H2,18,21)(H,19,22). The Morgan fingerprint density at radius 1 is 1.09 bits per heavy atom. The lowest BCUT2D eigenvalue weighted by Crippen LogP contribution is -2.25. The van der Waals surface area contributed by atoms with Crippen LogP contribution in [0.4, 0.5) is 5.82 Å². The number of benzene rings is 2. The van der Waals surface area contributed by atoms with E-state index in [2.05, 4.69) is 15.3 Å². The molecule has 1 amide bonds. The van der Waals surface area contributed by atoms with Gasteiger partial charge in [-0.05, 0) is 18.2 Å². The summed E-state index contributed by atoms with van der Waals surface area (Å²) < 4.78 is 5.26. The quantitative estimate of drug-likeness (QED) is 0.770. The molecular weight excluding hydrogens is 292 g/mol. The van der Waals surface area contributed by atoms with E-state index in [-0.39, 0.29) is 17.4 Å². The van der Waals surface area contributed by atoms with Crippen molar-refractivity contribution in [3.63, 3.8) is 0 Å². The fourth-order valence-electron chi connectivity index (χ4n) is 2.29. The van der Waals surface area contributed by atoms with Crippen molar-refractivity contribution in [3.05, 3.63) is 59.8 Å². The fraction of sp³-hybridized carbons (Fsp3) is 0.118. The molecule has 6 nitrogen and oxygen atoms in total. The van der Waals surface area contributed by atoms with Gasteiger partial charge in [-0.25, -0.2) is 9.97 Å². The van der Waals surface area contributed by atoms with Crippen molar-refractivity contribution >= 4 is 22.8 Å². The van der Waals surface area contributed by atoms with Crippen molar-refractivity contribution in [1.82, 2.24) is 15.3 Å². The lowest BCUT2D eigenvalue weighted by atomic mass is 10.2. The highest BCUT2D eigenvalue weighted by Gasteiger charge is 2.14. The zero-order valence-corrected chi connectivity index (χ0v) is 12.6. The van der Waals surface area contributed by atoms with Crippen LogP contribution in [0.1, 0.15) is 16.1 Å². The summed E-state index contributed by atoms with van der Waals surface area (Å²) in [7, 11) is 1.59. The summed E-state index contributed by atoms with van der Waals surface area (Å²) >= 11 is 0. The first kappa shape index (κ1) is 14.8. The van der Waals surface area contributed by atoms with Gasteiger partial charge < -0.3 is 15.8 Å². The van der Waals surface area contributed by atoms with E-state index in [1.165, 1.54) is 0 Å². The van der Waals surface area contributed by atoms with Crippen molar-refractivity contribution < 1.29 is 9.53 Å². The molecule has 3 aromatic rings. The second-order valence-electron chi connectivity index (χ2n) is 4.94. The number of hydrogen-bond acceptors (Lipinski definition) is 5. The van der Waals surface area contributed by atoms with Gasteiger partial charge in [-0.15, -0.1) is 0 Å². The maximum Gasteiger partial charge on any atom is 0.274 e. The van der Waals surface area contributed by atoms with Gasteiger partial charge >= 0.3 is 0 Å². The van der Waals surface area contributed by atoms with Crippen LogP contribution < -0.4 is 15.8 Å². The molecule has 0 aliphatic carbocycles. The van der Waals surface area contributed by atoms with Gasteiger partial charge in [0.25, 0.3) is 5.91 Å². The number of amides is 1. The number of rotatable bonds is 4. The molecule has 3 N–H and O–H groups in total. The minimum absolute atomic E-state index is 0.112. The molecule has 0 saturated carbocycles. The van der Waals surface area contributed by atoms with Gasteiger partial charge in [0, 0.05) is 12.1 Å². The number of hydrogen-bond donors (Lipinski definition) is 2. The average molecular weight is 308 g/mol. The van der Waals surface area contributed by atoms with Crippen LogP contribution in [-0.2, 0) is 6.54 Å². The summed E-state index contributed by atoms with van der Waals surface area (Å²) in [4.78, 5) is 20.9. The number of nitrogen functional groups attached to an aromatic ring is 1. The van der Waals surface area contributed by atoms with Crippen molar-refractivity contribution in [2.45, 2.75) is 6.54 Å². The first-order chi connectivity index (χ1) is 11.2. The molecule has 0 radical (unpaired) electrons. The number of nitrogens with zero attached hydrogens (tertiary/aromatic N) is 2. The summed E-state index contributed by atoms with van der Waals surface area (Å²) in [5.74, 6) is 0.457. The number of ether oxygens (including phenoxy) is 1. The number of carbonyl (C=O) groups excluding carboxylic acids is 1.